The van der Waals surface area contributed by atoms with Crippen LogP contribution in [0.2, 0.25) is 0 Å². The van der Waals surface area contributed by atoms with Crippen molar-refractivity contribution in [3.63, 3.8) is 0 Å². The lowest BCUT2D eigenvalue weighted by atomic mass is 10.1. The molecule has 3 rings (SSSR count). The van der Waals surface area contributed by atoms with Crippen LogP contribution in [0.3, 0.4) is 0 Å². The smallest absolute Gasteiger partial charge is 0.274 e. The zero-order valence-electron chi connectivity index (χ0n) is 13.9. The standard InChI is InChI=1S/C19H17FN4O/c1-12-5-3-6-13(2)17(12)24-18(25)16-9-10-21-19(23-16)22-15-8-4-7-14(20)11-15/h3-11H,1-2H3,(H,24,25)(H,21,22,23). The zero-order chi connectivity index (χ0) is 17.8. The number of carbonyl (C=O) groups is 1. The Kier molecular flexibility index (Phi) is 4.70. The summed E-state index contributed by atoms with van der Waals surface area (Å²) in [5.74, 6) is -0.476. The van der Waals surface area contributed by atoms with Crippen LogP contribution in [-0.4, -0.2) is 15.9 Å². The summed E-state index contributed by atoms with van der Waals surface area (Å²) in [6, 6.07) is 13.3. The number of hydrogen-bond acceptors (Lipinski definition) is 4. The van der Waals surface area contributed by atoms with Gasteiger partial charge in [-0.25, -0.2) is 14.4 Å². The van der Waals surface area contributed by atoms with E-state index in [0.717, 1.165) is 16.8 Å². The Morgan fingerprint density at radius 1 is 1.04 bits per heavy atom. The van der Waals surface area contributed by atoms with E-state index in [-0.39, 0.29) is 23.4 Å². The Morgan fingerprint density at radius 3 is 2.48 bits per heavy atom. The first kappa shape index (κ1) is 16.6. The van der Waals surface area contributed by atoms with Crippen LogP contribution in [0.1, 0.15) is 21.6 Å². The molecule has 1 aromatic heterocycles. The SMILES string of the molecule is Cc1cccc(C)c1NC(=O)c1ccnc(Nc2cccc(F)c2)n1. The number of carbonyl (C=O) groups excluding carboxylic acids is 1. The van der Waals surface area contributed by atoms with E-state index in [1.807, 2.05) is 32.0 Å². The van der Waals surface area contributed by atoms with Gasteiger partial charge >= 0.3 is 0 Å². The number of aryl methyl sites for hydroxylation is 2. The first-order valence-corrected chi connectivity index (χ1v) is 7.76. The quantitative estimate of drug-likeness (QED) is 0.748. The summed E-state index contributed by atoms with van der Waals surface area (Å²) in [7, 11) is 0. The molecule has 126 valence electrons. The summed E-state index contributed by atoms with van der Waals surface area (Å²) in [4.78, 5) is 20.7. The van der Waals surface area contributed by atoms with Gasteiger partial charge < -0.3 is 10.6 Å². The second kappa shape index (κ2) is 7.09. The summed E-state index contributed by atoms with van der Waals surface area (Å²) in [6.07, 6.45) is 1.48. The number of halogens is 1. The van der Waals surface area contributed by atoms with Crippen molar-refractivity contribution in [2.75, 3.05) is 10.6 Å². The number of rotatable bonds is 4. The van der Waals surface area contributed by atoms with E-state index in [0.29, 0.717) is 5.69 Å². The Balaban J connectivity index is 1.80. The maximum Gasteiger partial charge on any atom is 0.274 e. The lowest BCUT2D eigenvalue weighted by Crippen LogP contribution is -2.16. The molecule has 2 N–H and O–H groups in total. The number of benzene rings is 2. The molecule has 0 aliphatic rings. The number of para-hydroxylation sites is 1. The van der Waals surface area contributed by atoms with E-state index in [4.69, 9.17) is 0 Å². The third kappa shape index (κ3) is 3.98. The van der Waals surface area contributed by atoms with E-state index in [2.05, 4.69) is 20.6 Å². The molecule has 3 aromatic rings. The maximum atomic E-state index is 13.3. The minimum atomic E-state index is -0.367. The van der Waals surface area contributed by atoms with Gasteiger partial charge in [0.05, 0.1) is 0 Å². The van der Waals surface area contributed by atoms with Gasteiger partial charge in [0.25, 0.3) is 5.91 Å². The number of nitrogens with zero attached hydrogens (tertiary/aromatic N) is 2. The summed E-state index contributed by atoms with van der Waals surface area (Å²) in [5, 5.41) is 5.76. The Bertz CT molecular complexity index is 907. The zero-order valence-corrected chi connectivity index (χ0v) is 13.9. The highest BCUT2D eigenvalue weighted by Crippen LogP contribution is 2.20. The molecule has 1 amide bonds. The molecule has 0 saturated carbocycles. The van der Waals surface area contributed by atoms with Crippen LogP contribution in [0.25, 0.3) is 0 Å². The van der Waals surface area contributed by atoms with Gasteiger partial charge in [0.2, 0.25) is 5.95 Å². The van der Waals surface area contributed by atoms with Gasteiger partial charge in [0, 0.05) is 17.6 Å². The van der Waals surface area contributed by atoms with Crippen LogP contribution in [-0.2, 0) is 0 Å². The molecule has 0 aliphatic carbocycles. The molecule has 2 aromatic carbocycles. The lowest BCUT2D eigenvalue weighted by Gasteiger charge is -2.11. The van der Waals surface area contributed by atoms with Crippen LogP contribution in [0.5, 0.6) is 0 Å². The third-order valence-corrected chi connectivity index (χ3v) is 3.69. The average Bonchev–Trinajstić information content (AvgIpc) is 2.58. The van der Waals surface area contributed by atoms with Crippen molar-refractivity contribution in [1.82, 2.24) is 9.97 Å². The summed E-state index contributed by atoms with van der Waals surface area (Å²) >= 11 is 0. The topological polar surface area (TPSA) is 66.9 Å². The normalized spacial score (nSPS) is 10.4. The van der Waals surface area contributed by atoms with Crippen LogP contribution < -0.4 is 10.6 Å². The monoisotopic (exact) mass is 336 g/mol. The minimum Gasteiger partial charge on any atom is -0.324 e. The highest BCUT2D eigenvalue weighted by atomic mass is 19.1. The molecule has 0 unspecified atom stereocenters. The summed E-state index contributed by atoms with van der Waals surface area (Å²) < 4.78 is 13.3. The van der Waals surface area contributed by atoms with Gasteiger partial charge in [-0.1, -0.05) is 24.3 Å². The fraction of sp³-hybridized carbons (Fsp3) is 0.105. The molecule has 1 heterocycles. The number of amides is 1. The van der Waals surface area contributed by atoms with Crippen molar-refractivity contribution < 1.29 is 9.18 Å². The van der Waals surface area contributed by atoms with Gasteiger partial charge in [-0.05, 0) is 49.2 Å². The fourth-order valence-corrected chi connectivity index (χ4v) is 2.43. The lowest BCUT2D eigenvalue weighted by molar-refractivity contribution is 0.102. The van der Waals surface area contributed by atoms with Crippen molar-refractivity contribution in [2.45, 2.75) is 13.8 Å². The van der Waals surface area contributed by atoms with Crippen molar-refractivity contribution in [3.05, 3.63) is 77.4 Å². The second-order valence-corrected chi connectivity index (χ2v) is 5.62. The van der Waals surface area contributed by atoms with Crippen LogP contribution >= 0.6 is 0 Å². The van der Waals surface area contributed by atoms with E-state index < -0.39 is 0 Å². The van der Waals surface area contributed by atoms with Crippen molar-refractivity contribution >= 4 is 23.2 Å². The Hall–Kier alpha value is -3.28. The van der Waals surface area contributed by atoms with Gasteiger partial charge in [-0.15, -0.1) is 0 Å². The first-order chi connectivity index (χ1) is 12.0. The molecular formula is C19H17FN4O. The largest absolute Gasteiger partial charge is 0.324 e. The number of nitrogens with one attached hydrogen (secondary N) is 2. The van der Waals surface area contributed by atoms with E-state index in [1.54, 1.807) is 12.1 Å². The Labute approximate surface area is 145 Å². The molecule has 0 radical (unpaired) electrons. The van der Waals surface area contributed by atoms with Crippen molar-refractivity contribution in [3.8, 4) is 0 Å². The average molecular weight is 336 g/mol. The molecule has 0 aliphatic heterocycles. The van der Waals surface area contributed by atoms with Gasteiger partial charge in [-0.2, -0.15) is 0 Å². The molecule has 0 atom stereocenters. The number of hydrogen-bond donors (Lipinski definition) is 2. The molecule has 0 saturated heterocycles. The van der Waals surface area contributed by atoms with Crippen molar-refractivity contribution in [1.29, 1.82) is 0 Å². The molecule has 0 spiro atoms. The predicted octanol–water partition coefficient (Wildman–Crippen LogP) is 4.23. The van der Waals surface area contributed by atoms with E-state index in [9.17, 15) is 9.18 Å². The first-order valence-electron chi connectivity index (χ1n) is 7.76. The van der Waals surface area contributed by atoms with Gasteiger partial charge in [-0.3, -0.25) is 4.79 Å². The number of anilines is 3. The Morgan fingerprint density at radius 2 is 1.76 bits per heavy atom. The predicted molar refractivity (Wildman–Crippen MR) is 95.6 cm³/mol. The summed E-state index contributed by atoms with van der Waals surface area (Å²) in [6.45, 7) is 3.86. The maximum absolute atomic E-state index is 13.3. The van der Waals surface area contributed by atoms with Crippen LogP contribution in [0.15, 0.2) is 54.7 Å². The fourth-order valence-electron chi connectivity index (χ4n) is 2.43. The minimum absolute atomic E-state index is 0.219. The van der Waals surface area contributed by atoms with Crippen LogP contribution in [0, 0.1) is 19.7 Å². The van der Waals surface area contributed by atoms with Crippen molar-refractivity contribution in [2.24, 2.45) is 0 Å². The second-order valence-electron chi connectivity index (χ2n) is 5.62. The van der Waals surface area contributed by atoms with E-state index >= 15 is 0 Å². The molecule has 0 fully saturated rings. The van der Waals surface area contributed by atoms with E-state index in [1.165, 1.54) is 24.4 Å². The molecule has 0 bridgehead atoms. The molecule has 25 heavy (non-hydrogen) atoms. The molecule has 5 nitrogen and oxygen atoms in total. The molecule has 6 heteroatoms. The summed E-state index contributed by atoms with van der Waals surface area (Å²) in [5.41, 5.74) is 3.44. The van der Waals surface area contributed by atoms with Gasteiger partial charge in [0.15, 0.2) is 0 Å². The third-order valence-electron chi connectivity index (χ3n) is 3.69. The number of aromatic nitrogens is 2. The van der Waals surface area contributed by atoms with Crippen LogP contribution in [0.4, 0.5) is 21.7 Å². The highest BCUT2D eigenvalue weighted by Gasteiger charge is 2.12. The highest BCUT2D eigenvalue weighted by molar-refractivity contribution is 6.03. The molecular weight excluding hydrogens is 319 g/mol. The van der Waals surface area contributed by atoms with Gasteiger partial charge in [0.1, 0.15) is 11.5 Å².